The largest absolute Gasteiger partial charge is 0.359 e. The zero-order valence-electron chi connectivity index (χ0n) is 11.2. The number of rotatable bonds is 2. The van der Waals surface area contributed by atoms with Gasteiger partial charge in [0.2, 0.25) is 5.91 Å². The first-order valence-electron chi connectivity index (χ1n) is 6.49. The Labute approximate surface area is 135 Å². The lowest BCUT2D eigenvalue weighted by molar-refractivity contribution is -0.125. The zero-order chi connectivity index (χ0) is 14.7. The highest BCUT2D eigenvalue weighted by atomic mass is 79.9. The molecule has 0 unspecified atom stereocenters. The SMILES string of the molecule is CNC(=O)C1CCN(C(=O)c2cc(Br)ccc2Br)CC1. The summed E-state index contributed by atoms with van der Waals surface area (Å²) in [5.74, 6) is 0.101. The minimum atomic E-state index is 0.00790. The quantitative estimate of drug-likeness (QED) is 0.825. The van der Waals surface area contributed by atoms with Gasteiger partial charge in [-0.25, -0.2) is 0 Å². The van der Waals surface area contributed by atoms with Gasteiger partial charge in [-0.2, -0.15) is 0 Å². The first-order chi connectivity index (χ1) is 9.52. The normalized spacial score (nSPS) is 16.1. The molecule has 1 heterocycles. The Morgan fingerprint density at radius 3 is 2.50 bits per heavy atom. The number of nitrogens with one attached hydrogen (secondary N) is 1. The summed E-state index contributed by atoms with van der Waals surface area (Å²) in [4.78, 5) is 25.9. The van der Waals surface area contributed by atoms with Crippen LogP contribution in [0.25, 0.3) is 0 Å². The van der Waals surface area contributed by atoms with Crippen molar-refractivity contribution in [1.82, 2.24) is 10.2 Å². The van der Waals surface area contributed by atoms with Gasteiger partial charge in [0.05, 0.1) is 5.56 Å². The average molecular weight is 404 g/mol. The predicted molar refractivity (Wildman–Crippen MR) is 84.5 cm³/mol. The Morgan fingerprint density at radius 1 is 1.25 bits per heavy atom. The molecule has 108 valence electrons. The first-order valence-corrected chi connectivity index (χ1v) is 8.07. The maximum Gasteiger partial charge on any atom is 0.255 e. The number of hydrogen-bond acceptors (Lipinski definition) is 2. The Bertz CT molecular complexity index is 526. The minimum Gasteiger partial charge on any atom is -0.359 e. The molecule has 20 heavy (non-hydrogen) atoms. The van der Waals surface area contributed by atoms with E-state index in [0.717, 1.165) is 21.8 Å². The highest BCUT2D eigenvalue weighted by molar-refractivity contribution is 9.11. The smallest absolute Gasteiger partial charge is 0.255 e. The molecular formula is C14H16Br2N2O2. The van der Waals surface area contributed by atoms with Crippen molar-refractivity contribution >= 4 is 43.7 Å². The highest BCUT2D eigenvalue weighted by Gasteiger charge is 2.27. The number of amides is 2. The van der Waals surface area contributed by atoms with Crippen molar-refractivity contribution in [3.05, 3.63) is 32.7 Å². The molecule has 1 aliphatic rings. The maximum absolute atomic E-state index is 12.5. The Balaban J connectivity index is 2.05. The lowest BCUT2D eigenvalue weighted by Crippen LogP contribution is -2.42. The van der Waals surface area contributed by atoms with Gasteiger partial charge in [0.25, 0.3) is 5.91 Å². The van der Waals surface area contributed by atoms with E-state index in [1.54, 1.807) is 7.05 Å². The lowest BCUT2D eigenvalue weighted by atomic mass is 9.95. The maximum atomic E-state index is 12.5. The molecule has 6 heteroatoms. The second-order valence-corrected chi connectivity index (χ2v) is 6.57. The van der Waals surface area contributed by atoms with Crippen molar-refractivity contribution in [2.75, 3.05) is 20.1 Å². The van der Waals surface area contributed by atoms with E-state index in [9.17, 15) is 9.59 Å². The molecule has 0 bridgehead atoms. The topological polar surface area (TPSA) is 49.4 Å². The van der Waals surface area contributed by atoms with Crippen molar-refractivity contribution in [3.8, 4) is 0 Å². The number of nitrogens with zero attached hydrogens (tertiary/aromatic N) is 1. The molecule has 4 nitrogen and oxygen atoms in total. The fraction of sp³-hybridized carbons (Fsp3) is 0.429. The van der Waals surface area contributed by atoms with Crippen LogP contribution < -0.4 is 5.32 Å². The predicted octanol–water partition coefficient (Wildman–Crippen LogP) is 2.81. The van der Waals surface area contributed by atoms with E-state index < -0.39 is 0 Å². The summed E-state index contributed by atoms with van der Waals surface area (Å²) in [6, 6.07) is 5.56. The van der Waals surface area contributed by atoms with Crippen molar-refractivity contribution < 1.29 is 9.59 Å². The van der Waals surface area contributed by atoms with Crippen molar-refractivity contribution in [2.45, 2.75) is 12.8 Å². The van der Waals surface area contributed by atoms with Crippen LogP contribution in [0.4, 0.5) is 0 Å². The fourth-order valence-electron chi connectivity index (χ4n) is 2.38. The molecule has 1 saturated heterocycles. The lowest BCUT2D eigenvalue weighted by Gasteiger charge is -2.31. The molecule has 0 radical (unpaired) electrons. The van der Waals surface area contributed by atoms with Crippen molar-refractivity contribution in [1.29, 1.82) is 0 Å². The number of carbonyl (C=O) groups excluding carboxylic acids is 2. The molecule has 1 N–H and O–H groups in total. The van der Waals surface area contributed by atoms with Crippen LogP contribution in [0.2, 0.25) is 0 Å². The molecule has 1 aliphatic heterocycles. The first kappa shape index (κ1) is 15.5. The molecule has 2 rings (SSSR count). The molecule has 0 aliphatic carbocycles. The van der Waals surface area contributed by atoms with Gasteiger partial charge < -0.3 is 10.2 Å². The number of hydrogen-bond donors (Lipinski definition) is 1. The van der Waals surface area contributed by atoms with E-state index in [0.29, 0.717) is 18.7 Å². The Morgan fingerprint density at radius 2 is 1.90 bits per heavy atom. The zero-order valence-corrected chi connectivity index (χ0v) is 14.3. The van der Waals surface area contributed by atoms with Gasteiger partial charge >= 0.3 is 0 Å². The Kier molecular flexibility index (Phi) is 5.21. The van der Waals surface area contributed by atoms with Crippen LogP contribution in [0.3, 0.4) is 0 Å². The summed E-state index contributed by atoms with van der Waals surface area (Å²) < 4.78 is 1.67. The summed E-state index contributed by atoms with van der Waals surface area (Å²) in [7, 11) is 1.65. The summed E-state index contributed by atoms with van der Waals surface area (Å²) in [6.07, 6.45) is 1.44. The fourth-order valence-corrected chi connectivity index (χ4v) is 3.16. The van der Waals surface area contributed by atoms with Crippen molar-refractivity contribution in [2.24, 2.45) is 5.92 Å². The molecular weight excluding hydrogens is 388 g/mol. The second kappa shape index (κ2) is 6.72. The van der Waals surface area contributed by atoms with Crippen LogP contribution >= 0.6 is 31.9 Å². The summed E-state index contributed by atoms with van der Waals surface area (Å²) >= 11 is 6.79. The monoisotopic (exact) mass is 402 g/mol. The van der Waals surface area contributed by atoms with E-state index in [1.165, 1.54) is 0 Å². The van der Waals surface area contributed by atoms with Gasteiger partial charge in [-0.1, -0.05) is 15.9 Å². The van der Waals surface area contributed by atoms with Crippen LogP contribution in [0.5, 0.6) is 0 Å². The van der Waals surface area contributed by atoms with E-state index >= 15 is 0 Å². The van der Waals surface area contributed by atoms with Gasteiger partial charge in [-0.3, -0.25) is 9.59 Å². The van der Waals surface area contributed by atoms with Gasteiger partial charge in [0.15, 0.2) is 0 Å². The molecule has 0 atom stereocenters. The van der Waals surface area contributed by atoms with Gasteiger partial charge in [-0.05, 0) is 47.0 Å². The average Bonchev–Trinajstić information content (AvgIpc) is 2.48. The Hall–Kier alpha value is -0.880. The number of carbonyl (C=O) groups is 2. The standard InChI is InChI=1S/C14H16Br2N2O2/c1-17-13(19)9-4-6-18(7-5-9)14(20)11-8-10(15)2-3-12(11)16/h2-3,8-9H,4-7H2,1H3,(H,17,19). The van der Waals surface area contributed by atoms with Gasteiger partial charge in [-0.15, -0.1) is 0 Å². The van der Waals surface area contributed by atoms with Gasteiger partial charge in [0.1, 0.15) is 0 Å². The molecule has 0 aromatic heterocycles. The van der Waals surface area contributed by atoms with Crippen LogP contribution in [0.15, 0.2) is 27.1 Å². The summed E-state index contributed by atoms with van der Waals surface area (Å²) in [6.45, 7) is 1.24. The van der Waals surface area contributed by atoms with E-state index in [1.807, 2.05) is 23.1 Å². The second-order valence-electron chi connectivity index (χ2n) is 4.80. The third-order valence-corrected chi connectivity index (χ3v) is 4.74. The molecule has 2 amide bonds. The van der Waals surface area contributed by atoms with Crippen LogP contribution in [-0.4, -0.2) is 36.9 Å². The van der Waals surface area contributed by atoms with E-state index in [4.69, 9.17) is 0 Å². The van der Waals surface area contributed by atoms with Crippen molar-refractivity contribution in [3.63, 3.8) is 0 Å². The van der Waals surface area contributed by atoms with E-state index in [2.05, 4.69) is 37.2 Å². The van der Waals surface area contributed by atoms with Gasteiger partial charge in [0, 0.05) is 35.0 Å². The van der Waals surface area contributed by atoms with E-state index in [-0.39, 0.29) is 17.7 Å². The number of benzene rings is 1. The van der Waals surface area contributed by atoms with Crippen LogP contribution in [0, 0.1) is 5.92 Å². The molecule has 0 spiro atoms. The third-order valence-electron chi connectivity index (χ3n) is 3.56. The highest BCUT2D eigenvalue weighted by Crippen LogP contribution is 2.25. The molecule has 1 aromatic rings. The summed E-state index contributed by atoms with van der Waals surface area (Å²) in [5, 5.41) is 2.67. The molecule has 1 aromatic carbocycles. The van der Waals surface area contributed by atoms with Crippen LogP contribution in [-0.2, 0) is 4.79 Å². The number of halogens is 2. The third kappa shape index (κ3) is 3.41. The molecule has 1 fully saturated rings. The number of piperidine rings is 1. The van der Waals surface area contributed by atoms with Crippen LogP contribution in [0.1, 0.15) is 23.2 Å². The minimum absolute atomic E-state index is 0.00790. The summed E-state index contributed by atoms with van der Waals surface area (Å²) in [5.41, 5.74) is 0.651. The number of likely N-dealkylation sites (tertiary alicyclic amines) is 1. The molecule has 0 saturated carbocycles.